The van der Waals surface area contributed by atoms with Crippen molar-refractivity contribution >= 4 is 27.2 Å². The predicted molar refractivity (Wildman–Crippen MR) is 66.8 cm³/mol. The normalized spacial score (nSPS) is 18.9. The van der Waals surface area contributed by atoms with E-state index in [1.165, 1.54) is 4.31 Å². The second kappa shape index (κ2) is 5.90. The second-order valence-electron chi connectivity index (χ2n) is 3.75. The zero-order valence-corrected chi connectivity index (χ0v) is 11.0. The van der Waals surface area contributed by atoms with Crippen LogP contribution in [0, 0.1) is 0 Å². The van der Waals surface area contributed by atoms with Gasteiger partial charge in [-0.2, -0.15) is 4.31 Å². The monoisotopic (exact) mass is 266 g/mol. The minimum Gasteiger partial charge on any atom is -0.392 e. The first-order chi connectivity index (χ1) is 7.48. The molecule has 1 aliphatic rings. The highest BCUT2D eigenvalue weighted by Crippen LogP contribution is 2.19. The summed E-state index contributed by atoms with van der Waals surface area (Å²) in [6.45, 7) is 3.33. The summed E-state index contributed by atoms with van der Waals surface area (Å²) in [6, 6.07) is 0. The molecule has 0 saturated carbocycles. The second-order valence-corrected chi connectivity index (χ2v) is 6.49. The Labute approximate surface area is 102 Å². The molecular formula is C9H18N2O3S2. The van der Waals surface area contributed by atoms with Gasteiger partial charge in [0.25, 0.3) is 0 Å². The van der Waals surface area contributed by atoms with Gasteiger partial charge in [0.2, 0.25) is 10.0 Å². The highest BCUT2D eigenvalue weighted by Gasteiger charge is 2.32. The van der Waals surface area contributed by atoms with E-state index in [0.29, 0.717) is 32.6 Å². The first kappa shape index (κ1) is 13.8. The SMILES string of the molecule is CCN(CC(N)=S)S(=O)(=O)C1CCOCC1. The number of thiocarbonyl (C=S) groups is 1. The van der Waals surface area contributed by atoms with Gasteiger partial charge in [-0.25, -0.2) is 8.42 Å². The van der Waals surface area contributed by atoms with Gasteiger partial charge in [-0.15, -0.1) is 0 Å². The highest BCUT2D eigenvalue weighted by atomic mass is 32.2. The molecule has 1 aliphatic heterocycles. The lowest BCUT2D eigenvalue weighted by Gasteiger charge is -2.28. The van der Waals surface area contributed by atoms with E-state index < -0.39 is 10.0 Å². The van der Waals surface area contributed by atoms with Gasteiger partial charge in [0, 0.05) is 19.8 Å². The summed E-state index contributed by atoms with van der Waals surface area (Å²) in [5.41, 5.74) is 5.40. The van der Waals surface area contributed by atoms with Crippen molar-refractivity contribution in [2.24, 2.45) is 5.73 Å². The van der Waals surface area contributed by atoms with Crippen molar-refractivity contribution in [3.63, 3.8) is 0 Å². The maximum absolute atomic E-state index is 12.2. The molecule has 1 fully saturated rings. The molecule has 94 valence electrons. The Bertz CT molecular complexity index is 337. The molecule has 0 bridgehead atoms. The molecule has 0 spiro atoms. The van der Waals surface area contributed by atoms with E-state index in [2.05, 4.69) is 0 Å². The zero-order valence-electron chi connectivity index (χ0n) is 9.39. The fraction of sp³-hybridized carbons (Fsp3) is 0.889. The average molecular weight is 266 g/mol. The molecule has 16 heavy (non-hydrogen) atoms. The smallest absolute Gasteiger partial charge is 0.217 e. The van der Waals surface area contributed by atoms with Gasteiger partial charge in [-0.05, 0) is 12.8 Å². The molecule has 0 atom stereocenters. The average Bonchev–Trinajstić information content (AvgIpc) is 2.26. The fourth-order valence-electron chi connectivity index (χ4n) is 1.74. The number of sulfonamides is 1. The van der Waals surface area contributed by atoms with E-state index in [9.17, 15) is 8.42 Å². The Morgan fingerprint density at radius 1 is 1.50 bits per heavy atom. The van der Waals surface area contributed by atoms with Gasteiger partial charge in [-0.3, -0.25) is 0 Å². The van der Waals surface area contributed by atoms with Gasteiger partial charge in [0.05, 0.1) is 16.8 Å². The Balaban J connectivity index is 2.76. The fourth-order valence-corrected chi connectivity index (χ4v) is 3.87. The van der Waals surface area contributed by atoms with Gasteiger partial charge in [-0.1, -0.05) is 19.1 Å². The number of ether oxygens (including phenoxy) is 1. The first-order valence-corrected chi connectivity index (χ1v) is 7.24. The van der Waals surface area contributed by atoms with Crippen molar-refractivity contribution in [2.75, 3.05) is 26.3 Å². The van der Waals surface area contributed by atoms with E-state index in [1.54, 1.807) is 6.92 Å². The summed E-state index contributed by atoms with van der Waals surface area (Å²) in [6.07, 6.45) is 1.10. The summed E-state index contributed by atoms with van der Waals surface area (Å²) >= 11 is 4.76. The summed E-state index contributed by atoms with van der Waals surface area (Å²) in [7, 11) is -3.28. The lowest BCUT2D eigenvalue weighted by Crippen LogP contribution is -2.44. The van der Waals surface area contributed by atoms with Gasteiger partial charge in [0.1, 0.15) is 0 Å². The summed E-state index contributed by atoms with van der Waals surface area (Å²) in [5, 5.41) is -0.351. The Morgan fingerprint density at radius 2 is 2.06 bits per heavy atom. The van der Waals surface area contributed by atoms with Crippen LogP contribution in [0.5, 0.6) is 0 Å². The van der Waals surface area contributed by atoms with Crippen LogP contribution in [-0.4, -0.2) is 49.3 Å². The summed E-state index contributed by atoms with van der Waals surface area (Å²) in [5.74, 6) is 0. The maximum Gasteiger partial charge on any atom is 0.217 e. The predicted octanol–water partition coefficient (Wildman–Crippen LogP) is 0.103. The number of hydrogen-bond acceptors (Lipinski definition) is 4. The van der Waals surface area contributed by atoms with Crippen LogP contribution in [0.2, 0.25) is 0 Å². The molecule has 0 amide bonds. The van der Waals surface area contributed by atoms with Crippen LogP contribution in [0.1, 0.15) is 19.8 Å². The van der Waals surface area contributed by atoms with Crippen molar-refractivity contribution in [1.82, 2.24) is 4.31 Å². The lowest BCUT2D eigenvalue weighted by atomic mass is 10.2. The molecular weight excluding hydrogens is 248 g/mol. The van der Waals surface area contributed by atoms with Crippen LogP contribution in [0.15, 0.2) is 0 Å². The molecule has 0 aromatic rings. The number of hydrogen-bond donors (Lipinski definition) is 1. The van der Waals surface area contributed by atoms with Crippen molar-refractivity contribution in [3.8, 4) is 0 Å². The quantitative estimate of drug-likeness (QED) is 0.715. The minimum absolute atomic E-state index is 0.130. The zero-order chi connectivity index (χ0) is 12.2. The van der Waals surface area contributed by atoms with E-state index in [0.717, 1.165) is 0 Å². The third kappa shape index (κ3) is 3.38. The molecule has 1 heterocycles. The van der Waals surface area contributed by atoms with Crippen LogP contribution >= 0.6 is 12.2 Å². The van der Waals surface area contributed by atoms with E-state index in [4.69, 9.17) is 22.7 Å². The Hall–Kier alpha value is -0.240. The number of likely N-dealkylation sites (N-methyl/N-ethyl adjacent to an activating group) is 1. The summed E-state index contributed by atoms with van der Waals surface area (Å²) < 4.78 is 30.9. The van der Waals surface area contributed by atoms with E-state index in [1.807, 2.05) is 0 Å². The molecule has 1 rings (SSSR count). The third-order valence-electron chi connectivity index (χ3n) is 2.63. The lowest BCUT2D eigenvalue weighted by molar-refractivity contribution is 0.0973. The van der Waals surface area contributed by atoms with E-state index in [-0.39, 0.29) is 16.8 Å². The third-order valence-corrected chi connectivity index (χ3v) is 5.18. The van der Waals surface area contributed by atoms with Crippen LogP contribution in [0.25, 0.3) is 0 Å². The van der Waals surface area contributed by atoms with Crippen molar-refractivity contribution in [3.05, 3.63) is 0 Å². The molecule has 1 saturated heterocycles. The van der Waals surface area contributed by atoms with Gasteiger partial charge < -0.3 is 10.5 Å². The molecule has 5 nitrogen and oxygen atoms in total. The molecule has 0 unspecified atom stereocenters. The summed E-state index contributed by atoms with van der Waals surface area (Å²) in [4.78, 5) is 0.206. The minimum atomic E-state index is -3.28. The van der Waals surface area contributed by atoms with Crippen molar-refractivity contribution in [1.29, 1.82) is 0 Å². The highest BCUT2D eigenvalue weighted by molar-refractivity contribution is 7.89. The van der Waals surface area contributed by atoms with Gasteiger partial charge >= 0.3 is 0 Å². The Morgan fingerprint density at radius 3 is 2.50 bits per heavy atom. The van der Waals surface area contributed by atoms with Crippen LogP contribution in [0.3, 0.4) is 0 Å². The molecule has 2 N–H and O–H groups in total. The molecule has 0 aromatic heterocycles. The largest absolute Gasteiger partial charge is 0.392 e. The number of nitrogens with zero attached hydrogens (tertiary/aromatic N) is 1. The number of rotatable bonds is 5. The Kier molecular flexibility index (Phi) is 5.10. The topological polar surface area (TPSA) is 72.6 Å². The first-order valence-electron chi connectivity index (χ1n) is 5.33. The van der Waals surface area contributed by atoms with E-state index >= 15 is 0 Å². The van der Waals surface area contributed by atoms with Crippen LogP contribution in [-0.2, 0) is 14.8 Å². The van der Waals surface area contributed by atoms with Crippen molar-refractivity contribution < 1.29 is 13.2 Å². The van der Waals surface area contributed by atoms with Crippen LogP contribution < -0.4 is 5.73 Å². The standard InChI is InChI=1S/C9H18N2O3S2/c1-2-11(7-9(10)15)16(12,13)8-3-5-14-6-4-8/h8H,2-7H2,1H3,(H2,10,15). The molecule has 0 aliphatic carbocycles. The molecule has 0 aromatic carbocycles. The molecule has 7 heteroatoms. The van der Waals surface area contributed by atoms with Crippen molar-refractivity contribution in [2.45, 2.75) is 25.0 Å². The van der Waals surface area contributed by atoms with Crippen LogP contribution in [0.4, 0.5) is 0 Å². The maximum atomic E-state index is 12.2. The molecule has 0 radical (unpaired) electrons. The van der Waals surface area contributed by atoms with Gasteiger partial charge in [0.15, 0.2) is 0 Å². The number of nitrogens with two attached hydrogens (primary N) is 1.